The SMILES string of the molecule is CC12CCNCC1N=CN2. The highest BCUT2D eigenvalue weighted by atomic mass is 15.2. The van der Waals surface area contributed by atoms with Crippen molar-refractivity contribution in [2.75, 3.05) is 13.1 Å². The van der Waals surface area contributed by atoms with E-state index in [2.05, 4.69) is 22.5 Å². The molecular weight excluding hydrogens is 126 g/mol. The fourth-order valence-corrected chi connectivity index (χ4v) is 1.64. The van der Waals surface area contributed by atoms with Crippen LogP contribution in [0.2, 0.25) is 0 Å². The number of nitrogens with one attached hydrogen (secondary N) is 2. The Hall–Kier alpha value is -0.570. The van der Waals surface area contributed by atoms with Gasteiger partial charge in [0.25, 0.3) is 0 Å². The van der Waals surface area contributed by atoms with Crippen LogP contribution in [0.25, 0.3) is 0 Å². The molecule has 0 aromatic heterocycles. The fourth-order valence-electron chi connectivity index (χ4n) is 1.64. The number of hydrogen-bond donors (Lipinski definition) is 2. The van der Waals surface area contributed by atoms with Crippen molar-refractivity contribution in [2.45, 2.75) is 24.9 Å². The Labute approximate surface area is 60.9 Å². The molecule has 2 aliphatic rings. The van der Waals surface area contributed by atoms with Crippen LogP contribution in [0.1, 0.15) is 13.3 Å². The van der Waals surface area contributed by atoms with Crippen molar-refractivity contribution in [3.63, 3.8) is 0 Å². The summed E-state index contributed by atoms with van der Waals surface area (Å²) in [5.41, 5.74) is 0.255. The smallest absolute Gasteiger partial charge is 0.0868 e. The van der Waals surface area contributed by atoms with Gasteiger partial charge < -0.3 is 10.6 Å². The van der Waals surface area contributed by atoms with Gasteiger partial charge >= 0.3 is 0 Å². The van der Waals surface area contributed by atoms with Crippen LogP contribution in [0, 0.1) is 0 Å². The third-order valence-corrected chi connectivity index (χ3v) is 2.54. The molecule has 0 bridgehead atoms. The fraction of sp³-hybridized carbons (Fsp3) is 0.857. The van der Waals surface area contributed by atoms with Crippen LogP contribution in [-0.4, -0.2) is 31.0 Å². The molecule has 3 nitrogen and oxygen atoms in total. The Kier molecular flexibility index (Phi) is 1.20. The Bertz CT molecular complexity index is 166. The second kappa shape index (κ2) is 1.95. The Balaban J connectivity index is 2.15. The summed E-state index contributed by atoms with van der Waals surface area (Å²) in [6.45, 7) is 4.38. The van der Waals surface area contributed by atoms with Crippen molar-refractivity contribution in [3.05, 3.63) is 0 Å². The molecule has 10 heavy (non-hydrogen) atoms. The van der Waals surface area contributed by atoms with Crippen LogP contribution < -0.4 is 10.6 Å². The maximum atomic E-state index is 4.33. The zero-order valence-corrected chi connectivity index (χ0v) is 6.22. The molecule has 1 saturated heterocycles. The lowest BCUT2D eigenvalue weighted by atomic mass is 9.87. The van der Waals surface area contributed by atoms with Gasteiger partial charge in [-0.25, -0.2) is 0 Å². The van der Waals surface area contributed by atoms with Gasteiger partial charge in [0, 0.05) is 6.54 Å². The quantitative estimate of drug-likeness (QED) is 0.485. The molecule has 2 atom stereocenters. The number of rotatable bonds is 0. The standard InChI is InChI=1S/C7H13N3/c1-7-2-3-8-4-6(7)9-5-10-7/h5-6,8H,2-4H2,1H3,(H,9,10). The normalized spacial score (nSPS) is 44.7. The van der Waals surface area contributed by atoms with Crippen molar-refractivity contribution >= 4 is 6.34 Å². The van der Waals surface area contributed by atoms with E-state index in [4.69, 9.17) is 0 Å². The van der Waals surface area contributed by atoms with Gasteiger partial charge in [0.05, 0.1) is 17.9 Å². The lowest BCUT2D eigenvalue weighted by Gasteiger charge is -2.35. The third kappa shape index (κ3) is 0.736. The van der Waals surface area contributed by atoms with Crippen molar-refractivity contribution in [3.8, 4) is 0 Å². The molecular formula is C7H13N3. The summed E-state index contributed by atoms with van der Waals surface area (Å²) in [7, 11) is 0. The minimum Gasteiger partial charge on any atom is -0.369 e. The van der Waals surface area contributed by atoms with Crippen LogP contribution in [0.3, 0.4) is 0 Å². The van der Waals surface area contributed by atoms with E-state index in [1.165, 1.54) is 6.42 Å². The second-order valence-corrected chi connectivity index (χ2v) is 3.31. The maximum Gasteiger partial charge on any atom is 0.0868 e. The average Bonchev–Trinajstić information content (AvgIpc) is 2.29. The molecule has 2 N–H and O–H groups in total. The van der Waals surface area contributed by atoms with Gasteiger partial charge in [-0.2, -0.15) is 0 Å². The van der Waals surface area contributed by atoms with Gasteiger partial charge in [-0.05, 0) is 19.9 Å². The first kappa shape index (κ1) is 6.16. The van der Waals surface area contributed by atoms with Crippen LogP contribution in [-0.2, 0) is 0 Å². The van der Waals surface area contributed by atoms with Crippen molar-refractivity contribution in [2.24, 2.45) is 4.99 Å². The summed E-state index contributed by atoms with van der Waals surface area (Å²) in [6.07, 6.45) is 3.02. The summed E-state index contributed by atoms with van der Waals surface area (Å²) in [5, 5.41) is 6.63. The van der Waals surface area contributed by atoms with E-state index >= 15 is 0 Å². The molecule has 2 aliphatic heterocycles. The van der Waals surface area contributed by atoms with Crippen LogP contribution in [0.5, 0.6) is 0 Å². The average molecular weight is 139 g/mol. The zero-order chi connectivity index (χ0) is 7.03. The monoisotopic (exact) mass is 139 g/mol. The molecule has 0 spiro atoms. The molecule has 0 amide bonds. The second-order valence-electron chi connectivity index (χ2n) is 3.31. The van der Waals surface area contributed by atoms with Crippen LogP contribution in [0.15, 0.2) is 4.99 Å². The van der Waals surface area contributed by atoms with Crippen molar-refractivity contribution in [1.82, 2.24) is 10.6 Å². The predicted molar refractivity (Wildman–Crippen MR) is 41.3 cm³/mol. The number of nitrogens with zero attached hydrogens (tertiary/aromatic N) is 1. The molecule has 2 rings (SSSR count). The van der Waals surface area contributed by atoms with E-state index in [-0.39, 0.29) is 5.54 Å². The lowest BCUT2D eigenvalue weighted by Crippen LogP contribution is -2.55. The van der Waals surface area contributed by atoms with E-state index in [0.29, 0.717) is 6.04 Å². The molecule has 3 heteroatoms. The topological polar surface area (TPSA) is 36.4 Å². The molecule has 2 unspecified atom stereocenters. The van der Waals surface area contributed by atoms with Gasteiger partial charge in [0.1, 0.15) is 0 Å². The molecule has 0 aliphatic carbocycles. The summed E-state index contributed by atoms with van der Waals surface area (Å²) < 4.78 is 0. The molecule has 0 radical (unpaired) electrons. The first-order valence-corrected chi connectivity index (χ1v) is 3.81. The van der Waals surface area contributed by atoms with E-state index < -0.39 is 0 Å². The minimum atomic E-state index is 0.255. The number of aliphatic imine (C=N–C) groups is 1. The Morgan fingerprint density at radius 1 is 1.70 bits per heavy atom. The number of piperidine rings is 1. The van der Waals surface area contributed by atoms with Crippen molar-refractivity contribution < 1.29 is 0 Å². The van der Waals surface area contributed by atoms with Crippen molar-refractivity contribution in [1.29, 1.82) is 0 Å². The largest absolute Gasteiger partial charge is 0.369 e. The van der Waals surface area contributed by atoms with E-state index in [1.807, 2.05) is 6.34 Å². The first-order chi connectivity index (χ1) is 4.81. The summed E-state index contributed by atoms with van der Waals surface area (Å²) >= 11 is 0. The summed E-state index contributed by atoms with van der Waals surface area (Å²) in [4.78, 5) is 4.33. The molecule has 56 valence electrons. The zero-order valence-electron chi connectivity index (χ0n) is 6.22. The van der Waals surface area contributed by atoms with Gasteiger partial charge in [-0.15, -0.1) is 0 Å². The highest BCUT2D eigenvalue weighted by molar-refractivity contribution is 5.60. The molecule has 0 aromatic rings. The van der Waals surface area contributed by atoms with E-state index in [9.17, 15) is 0 Å². The molecule has 1 fully saturated rings. The lowest BCUT2D eigenvalue weighted by molar-refractivity contribution is 0.286. The Morgan fingerprint density at radius 2 is 2.60 bits per heavy atom. The molecule has 0 saturated carbocycles. The minimum absolute atomic E-state index is 0.255. The summed E-state index contributed by atoms with van der Waals surface area (Å²) in [5.74, 6) is 0. The third-order valence-electron chi connectivity index (χ3n) is 2.54. The van der Waals surface area contributed by atoms with Gasteiger partial charge in [-0.3, -0.25) is 4.99 Å². The predicted octanol–water partition coefficient (Wildman–Crippen LogP) is -0.262. The van der Waals surface area contributed by atoms with Crippen LogP contribution in [0.4, 0.5) is 0 Å². The number of fused-ring (bicyclic) bond motifs is 1. The summed E-state index contributed by atoms with van der Waals surface area (Å²) in [6, 6.07) is 0.459. The van der Waals surface area contributed by atoms with E-state index in [1.54, 1.807) is 0 Å². The Morgan fingerprint density at radius 3 is 3.40 bits per heavy atom. The molecule has 2 heterocycles. The van der Waals surface area contributed by atoms with Gasteiger partial charge in [0.15, 0.2) is 0 Å². The highest BCUT2D eigenvalue weighted by Crippen LogP contribution is 2.22. The first-order valence-electron chi connectivity index (χ1n) is 3.81. The van der Waals surface area contributed by atoms with Gasteiger partial charge in [-0.1, -0.05) is 0 Å². The van der Waals surface area contributed by atoms with Gasteiger partial charge in [0.2, 0.25) is 0 Å². The highest BCUT2D eigenvalue weighted by Gasteiger charge is 2.38. The van der Waals surface area contributed by atoms with Crippen LogP contribution >= 0.6 is 0 Å². The molecule has 0 aromatic carbocycles. The van der Waals surface area contributed by atoms with E-state index in [0.717, 1.165) is 13.1 Å². The number of hydrogen-bond acceptors (Lipinski definition) is 3. The maximum absolute atomic E-state index is 4.33.